The minimum absolute atomic E-state index is 0.00568. The normalized spacial score (nSPS) is 44.4. The van der Waals surface area contributed by atoms with E-state index in [0.29, 0.717) is 23.5 Å². The lowest BCUT2D eigenvalue weighted by Crippen LogP contribution is -2.46. The zero-order valence-corrected chi connectivity index (χ0v) is 18.5. The summed E-state index contributed by atoms with van der Waals surface area (Å²) in [5, 5.41) is 21.2. The van der Waals surface area contributed by atoms with Crippen molar-refractivity contribution in [1.29, 1.82) is 0 Å². The van der Waals surface area contributed by atoms with Crippen LogP contribution in [-0.4, -0.2) is 40.4 Å². The first-order valence-electron chi connectivity index (χ1n) is 11.2. The first-order valence-corrected chi connectivity index (χ1v) is 11.2. The first-order chi connectivity index (χ1) is 13.6. The van der Waals surface area contributed by atoms with Crippen LogP contribution >= 0.6 is 0 Å². The van der Waals surface area contributed by atoms with Crippen LogP contribution in [-0.2, 0) is 9.53 Å². The van der Waals surface area contributed by atoms with Gasteiger partial charge in [0.05, 0.1) is 24.4 Å². The van der Waals surface area contributed by atoms with E-state index >= 15 is 0 Å². The number of carbonyl (C=O) groups is 1. The third kappa shape index (κ3) is 3.19. The molecule has 4 heteroatoms. The molecule has 4 nitrogen and oxygen atoms in total. The Morgan fingerprint density at radius 2 is 2.03 bits per heavy atom. The standard InChI is InChI=1S/C25H36O4/c1-14(2)8-17-10-16(4)25(29-17)7-6-24(5)12-18-15(3)9-21(28)23(18)19(13-26)20(27)11-22(24)25/h8-9,16-18,20,22,26-27H,6-7,10-13H2,1-5H3/t16-,17-,18+,20+,22+,24+,25-/m0/s1. The van der Waals surface area contributed by atoms with E-state index in [1.807, 2.05) is 6.92 Å². The summed E-state index contributed by atoms with van der Waals surface area (Å²) in [4.78, 5) is 12.7. The Labute approximate surface area is 174 Å². The second-order valence-corrected chi connectivity index (χ2v) is 10.6. The van der Waals surface area contributed by atoms with Gasteiger partial charge in [0.2, 0.25) is 0 Å². The summed E-state index contributed by atoms with van der Waals surface area (Å²) < 4.78 is 6.79. The van der Waals surface area contributed by atoms with Gasteiger partial charge in [-0.15, -0.1) is 0 Å². The number of hydrogen-bond donors (Lipinski definition) is 2. The average Bonchev–Trinajstić information content (AvgIpc) is 3.17. The van der Waals surface area contributed by atoms with Crippen LogP contribution in [0.25, 0.3) is 0 Å². The molecule has 2 N–H and O–H groups in total. The maximum Gasteiger partial charge on any atom is 0.182 e. The van der Waals surface area contributed by atoms with E-state index in [1.165, 1.54) is 5.57 Å². The minimum atomic E-state index is -0.793. The Hall–Kier alpha value is -1.23. The third-order valence-corrected chi connectivity index (χ3v) is 8.40. The van der Waals surface area contributed by atoms with Crippen LogP contribution in [0.4, 0.5) is 0 Å². The maximum atomic E-state index is 12.7. The smallest absolute Gasteiger partial charge is 0.182 e. The highest BCUT2D eigenvalue weighted by Gasteiger charge is 2.62. The van der Waals surface area contributed by atoms with Gasteiger partial charge in [0, 0.05) is 11.5 Å². The molecule has 0 bridgehead atoms. The van der Waals surface area contributed by atoms with Crippen LogP contribution in [0.3, 0.4) is 0 Å². The molecular weight excluding hydrogens is 364 g/mol. The molecule has 4 rings (SSSR count). The number of carbonyl (C=O) groups excluding carboxylic acids is 1. The van der Waals surface area contributed by atoms with Gasteiger partial charge in [0.1, 0.15) is 0 Å². The van der Waals surface area contributed by atoms with Crippen molar-refractivity contribution >= 4 is 5.78 Å². The topological polar surface area (TPSA) is 66.8 Å². The van der Waals surface area contributed by atoms with Crippen molar-refractivity contribution in [2.24, 2.45) is 23.2 Å². The first kappa shape index (κ1) is 21.0. The monoisotopic (exact) mass is 400 g/mol. The molecule has 1 heterocycles. The number of ketones is 1. The number of rotatable bonds is 2. The summed E-state index contributed by atoms with van der Waals surface area (Å²) in [6.45, 7) is 10.6. The van der Waals surface area contributed by atoms with Crippen molar-refractivity contribution in [2.45, 2.75) is 84.5 Å². The molecular formula is C25H36O4. The second kappa shape index (κ2) is 7.18. The van der Waals surface area contributed by atoms with E-state index in [1.54, 1.807) is 6.08 Å². The predicted molar refractivity (Wildman–Crippen MR) is 113 cm³/mol. The highest BCUT2D eigenvalue weighted by Crippen LogP contribution is 2.63. The number of hydrogen-bond acceptors (Lipinski definition) is 4. The van der Waals surface area contributed by atoms with E-state index in [2.05, 4.69) is 33.8 Å². The fourth-order valence-electron chi connectivity index (χ4n) is 6.98. The fraction of sp³-hybridized carbons (Fsp3) is 0.720. The molecule has 0 aromatic rings. The van der Waals surface area contributed by atoms with Crippen molar-refractivity contribution in [3.63, 3.8) is 0 Å². The molecule has 29 heavy (non-hydrogen) atoms. The molecule has 2 fully saturated rings. The van der Waals surface area contributed by atoms with Gasteiger partial charge >= 0.3 is 0 Å². The second-order valence-electron chi connectivity index (χ2n) is 10.6. The molecule has 1 saturated carbocycles. The summed E-state index contributed by atoms with van der Waals surface area (Å²) in [6, 6.07) is 0. The van der Waals surface area contributed by atoms with Crippen LogP contribution in [0.15, 0.2) is 34.4 Å². The Balaban J connectivity index is 1.75. The van der Waals surface area contributed by atoms with Gasteiger partial charge in [-0.05, 0) is 81.8 Å². The molecule has 0 radical (unpaired) electrons. The molecule has 4 aliphatic rings. The van der Waals surface area contributed by atoms with E-state index in [0.717, 1.165) is 31.3 Å². The lowest BCUT2D eigenvalue weighted by Gasteiger charge is -2.45. The molecule has 3 aliphatic carbocycles. The molecule has 1 saturated heterocycles. The zero-order chi connectivity index (χ0) is 21.1. The maximum absolute atomic E-state index is 12.7. The van der Waals surface area contributed by atoms with Gasteiger partial charge in [0.15, 0.2) is 5.78 Å². The Morgan fingerprint density at radius 1 is 1.31 bits per heavy atom. The quantitative estimate of drug-likeness (QED) is 0.684. The minimum Gasteiger partial charge on any atom is -0.392 e. The predicted octanol–water partition coefficient (Wildman–Crippen LogP) is 4.12. The molecule has 0 aromatic carbocycles. The number of aliphatic hydroxyl groups excluding tert-OH is 2. The summed E-state index contributed by atoms with van der Waals surface area (Å²) in [5.74, 6) is 0.610. The van der Waals surface area contributed by atoms with Gasteiger partial charge in [-0.2, -0.15) is 0 Å². The van der Waals surface area contributed by atoms with Crippen molar-refractivity contribution in [2.75, 3.05) is 6.61 Å². The summed E-state index contributed by atoms with van der Waals surface area (Å²) in [5.41, 5.74) is 3.30. The molecule has 7 atom stereocenters. The van der Waals surface area contributed by atoms with Crippen molar-refractivity contribution < 1.29 is 19.7 Å². The summed E-state index contributed by atoms with van der Waals surface area (Å²) >= 11 is 0. The van der Waals surface area contributed by atoms with Gasteiger partial charge < -0.3 is 14.9 Å². The van der Waals surface area contributed by atoms with Gasteiger partial charge in [-0.1, -0.05) is 31.1 Å². The number of ether oxygens (including phenoxy) is 1. The molecule has 1 aliphatic heterocycles. The van der Waals surface area contributed by atoms with E-state index in [9.17, 15) is 15.0 Å². The number of fused-ring (bicyclic) bond motifs is 3. The Bertz CT molecular complexity index is 802. The molecule has 1 spiro atoms. The summed E-state index contributed by atoms with van der Waals surface area (Å²) in [6.07, 6.45) is 7.80. The van der Waals surface area contributed by atoms with Crippen LogP contribution in [0.2, 0.25) is 0 Å². The van der Waals surface area contributed by atoms with Gasteiger partial charge in [0.25, 0.3) is 0 Å². The van der Waals surface area contributed by atoms with Gasteiger partial charge in [-0.3, -0.25) is 4.79 Å². The molecule has 0 amide bonds. The van der Waals surface area contributed by atoms with Crippen LogP contribution in [0, 0.1) is 23.2 Å². The van der Waals surface area contributed by atoms with Crippen LogP contribution in [0.5, 0.6) is 0 Å². The van der Waals surface area contributed by atoms with Crippen molar-refractivity contribution in [3.8, 4) is 0 Å². The largest absolute Gasteiger partial charge is 0.392 e. The van der Waals surface area contributed by atoms with Crippen molar-refractivity contribution in [3.05, 3.63) is 34.4 Å². The number of allylic oxidation sites excluding steroid dienone is 4. The third-order valence-electron chi connectivity index (χ3n) is 8.40. The van der Waals surface area contributed by atoms with E-state index in [4.69, 9.17) is 4.74 Å². The Morgan fingerprint density at radius 3 is 2.69 bits per heavy atom. The highest BCUT2D eigenvalue weighted by molar-refractivity contribution is 6.08. The Kier molecular flexibility index (Phi) is 5.20. The van der Waals surface area contributed by atoms with Crippen LogP contribution < -0.4 is 0 Å². The lowest BCUT2D eigenvalue weighted by molar-refractivity contribution is -0.112. The summed E-state index contributed by atoms with van der Waals surface area (Å²) in [7, 11) is 0. The van der Waals surface area contributed by atoms with E-state index < -0.39 is 6.10 Å². The average molecular weight is 401 g/mol. The van der Waals surface area contributed by atoms with E-state index in [-0.39, 0.29) is 41.3 Å². The SMILES string of the molecule is CC(C)=C[C@H]1C[C@H](C)[C@]2(CC[C@]3(C)C[C@@H]4C(C)=CC(=O)C4=C(CO)[C@H](O)C[C@H]32)O1. The van der Waals surface area contributed by atoms with Crippen LogP contribution in [0.1, 0.15) is 66.7 Å². The van der Waals surface area contributed by atoms with Gasteiger partial charge in [-0.25, -0.2) is 0 Å². The lowest BCUT2D eigenvalue weighted by atomic mass is 9.62. The molecule has 160 valence electrons. The molecule has 0 unspecified atom stereocenters. The highest BCUT2D eigenvalue weighted by atomic mass is 16.5. The zero-order valence-electron chi connectivity index (χ0n) is 18.5. The number of aliphatic hydroxyl groups is 2. The molecule has 0 aromatic heterocycles. The fourth-order valence-corrected chi connectivity index (χ4v) is 6.98. The van der Waals surface area contributed by atoms with Crippen molar-refractivity contribution in [1.82, 2.24) is 0 Å².